The lowest BCUT2D eigenvalue weighted by molar-refractivity contribution is 0.101. The van der Waals surface area contributed by atoms with Crippen molar-refractivity contribution in [1.29, 1.82) is 0 Å². The molecule has 20 heavy (non-hydrogen) atoms. The molecule has 6 nitrogen and oxygen atoms in total. The summed E-state index contributed by atoms with van der Waals surface area (Å²) in [5.41, 5.74) is 6.55. The van der Waals surface area contributed by atoms with Gasteiger partial charge in [-0.05, 0) is 19.1 Å². The van der Waals surface area contributed by atoms with Gasteiger partial charge in [-0.2, -0.15) is 5.10 Å². The molecule has 0 saturated heterocycles. The molecule has 2 rings (SSSR count). The number of methoxy groups -OCH3 is 1. The highest BCUT2D eigenvalue weighted by molar-refractivity contribution is 6.06. The number of rotatable bonds is 4. The van der Waals surface area contributed by atoms with E-state index in [9.17, 15) is 9.18 Å². The number of amides is 1. The predicted molar refractivity (Wildman–Crippen MR) is 73.2 cm³/mol. The number of nitrogens with two attached hydrogens (primary N) is 1. The van der Waals surface area contributed by atoms with Crippen molar-refractivity contribution in [2.75, 3.05) is 18.2 Å². The standard InChI is InChI=1S/C13H15FN4O2/c1-3-18-12(10(15)7-16-18)13(19)17-8-4-5-11(20-2)9(14)6-8/h4-7H,3,15H2,1-2H3,(H,17,19). The Morgan fingerprint density at radius 2 is 2.30 bits per heavy atom. The van der Waals surface area contributed by atoms with Crippen molar-refractivity contribution in [3.8, 4) is 5.75 Å². The zero-order valence-electron chi connectivity index (χ0n) is 11.2. The van der Waals surface area contributed by atoms with Gasteiger partial charge in [0.2, 0.25) is 0 Å². The number of nitrogen functional groups attached to an aromatic ring is 1. The van der Waals surface area contributed by atoms with Crippen LogP contribution in [0.3, 0.4) is 0 Å². The second kappa shape index (κ2) is 5.60. The minimum absolute atomic E-state index is 0.112. The molecule has 0 bridgehead atoms. The largest absolute Gasteiger partial charge is 0.494 e. The first-order valence-corrected chi connectivity index (χ1v) is 6.03. The first kappa shape index (κ1) is 13.9. The van der Waals surface area contributed by atoms with Crippen molar-refractivity contribution in [3.05, 3.63) is 35.9 Å². The maximum atomic E-state index is 13.5. The number of hydrogen-bond donors (Lipinski definition) is 2. The third-order valence-corrected chi connectivity index (χ3v) is 2.79. The van der Waals surface area contributed by atoms with Gasteiger partial charge in [-0.25, -0.2) is 4.39 Å². The number of halogens is 1. The zero-order valence-corrected chi connectivity index (χ0v) is 11.2. The topological polar surface area (TPSA) is 82.2 Å². The average molecular weight is 278 g/mol. The van der Waals surface area contributed by atoms with Gasteiger partial charge in [0, 0.05) is 18.3 Å². The summed E-state index contributed by atoms with van der Waals surface area (Å²) in [4.78, 5) is 12.1. The molecule has 0 fully saturated rings. The van der Waals surface area contributed by atoms with Crippen LogP contribution in [-0.2, 0) is 6.54 Å². The third kappa shape index (κ3) is 2.56. The molecule has 0 spiro atoms. The molecule has 106 valence electrons. The van der Waals surface area contributed by atoms with Crippen molar-refractivity contribution < 1.29 is 13.9 Å². The summed E-state index contributed by atoms with van der Waals surface area (Å²) in [6.07, 6.45) is 1.41. The highest BCUT2D eigenvalue weighted by Gasteiger charge is 2.16. The van der Waals surface area contributed by atoms with Crippen LogP contribution >= 0.6 is 0 Å². The van der Waals surface area contributed by atoms with E-state index in [1.54, 1.807) is 6.07 Å². The van der Waals surface area contributed by atoms with Gasteiger partial charge in [-0.3, -0.25) is 9.48 Å². The van der Waals surface area contributed by atoms with E-state index >= 15 is 0 Å². The molecule has 0 aliphatic rings. The fraction of sp³-hybridized carbons (Fsp3) is 0.231. The monoisotopic (exact) mass is 278 g/mol. The van der Waals surface area contributed by atoms with Gasteiger partial charge in [0.05, 0.1) is 19.0 Å². The molecule has 0 radical (unpaired) electrons. The van der Waals surface area contributed by atoms with Crippen LogP contribution in [0.2, 0.25) is 0 Å². The van der Waals surface area contributed by atoms with E-state index in [1.807, 2.05) is 6.92 Å². The van der Waals surface area contributed by atoms with E-state index in [2.05, 4.69) is 10.4 Å². The van der Waals surface area contributed by atoms with Crippen LogP contribution in [0.1, 0.15) is 17.4 Å². The highest BCUT2D eigenvalue weighted by atomic mass is 19.1. The summed E-state index contributed by atoms with van der Waals surface area (Å²) in [7, 11) is 1.37. The van der Waals surface area contributed by atoms with Crippen molar-refractivity contribution in [2.45, 2.75) is 13.5 Å². The second-order valence-corrected chi connectivity index (χ2v) is 4.07. The molecule has 2 aromatic rings. The Kier molecular flexibility index (Phi) is 3.88. The molecular weight excluding hydrogens is 263 g/mol. The van der Waals surface area contributed by atoms with Crippen LogP contribution in [0.25, 0.3) is 0 Å². The summed E-state index contributed by atoms with van der Waals surface area (Å²) in [6.45, 7) is 2.35. The normalized spacial score (nSPS) is 10.3. The lowest BCUT2D eigenvalue weighted by Gasteiger charge is -2.09. The van der Waals surface area contributed by atoms with Gasteiger partial charge >= 0.3 is 0 Å². The SMILES string of the molecule is CCn1ncc(N)c1C(=O)Nc1ccc(OC)c(F)c1. The Bertz CT molecular complexity index is 639. The van der Waals surface area contributed by atoms with Crippen LogP contribution in [0.5, 0.6) is 5.75 Å². The molecule has 0 aliphatic carbocycles. The van der Waals surface area contributed by atoms with Crippen LogP contribution in [0, 0.1) is 5.82 Å². The average Bonchev–Trinajstić information content (AvgIpc) is 2.80. The molecule has 7 heteroatoms. The Morgan fingerprint density at radius 3 is 2.90 bits per heavy atom. The molecule has 1 aromatic heterocycles. The molecule has 0 unspecified atom stereocenters. The van der Waals surface area contributed by atoms with Crippen LogP contribution in [0.4, 0.5) is 15.8 Å². The van der Waals surface area contributed by atoms with Gasteiger partial charge < -0.3 is 15.8 Å². The van der Waals surface area contributed by atoms with Crippen molar-refractivity contribution in [3.63, 3.8) is 0 Å². The number of benzene rings is 1. The maximum Gasteiger partial charge on any atom is 0.276 e. The van der Waals surface area contributed by atoms with E-state index in [0.717, 1.165) is 0 Å². The Morgan fingerprint density at radius 1 is 1.55 bits per heavy atom. The number of nitrogens with one attached hydrogen (secondary N) is 1. The lowest BCUT2D eigenvalue weighted by Crippen LogP contribution is -2.18. The Balaban J connectivity index is 2.23. The second-order valence-electron chi connectivity index (χ2n) is 4.07. The molecule has 0 saturated carbocycles. The first-order chi connectivity index (χ1) is 9.56. The van der Waals surface area contributed by atoms with Crippen molar-refractivity contribution >= 4 is 17.3 Å². The smallest absolute Gasteiger partial charge is 0.276 e. The number of aryl methyl sites for hydroxylation is 1. The molecule has 1 aromatic carbocycles. The van der Waals surface area contributed by atoms with Crippen LogP contribution in [-0.4, -0.2) is 22.8 Å². The third-order valence-electron chi connectivity index (χ3n) is 2.79. The number of aromatic nitrogens is 2. The summed E-state index contributed by atoms with van der Waals surface area (Å²) >= 11 is 0. The number of nitrogens with zero attached hydrogens (tertiary/aromatic N) is 2. The van der Waals surface area contributed by atoms with Crippen molar-refractivity contribution in [2.24, 2.45) is 0 Å². The number of carbonyl (C=O) groups excluding carboxylic acids is 1. The van der Waals surface area contributed by atoms with Gasteiger partial charge in [0.25, 0.3) is 5.91 Å². The van der Waals surface area contributed by atoms with Gasteiger partial charge in [0.1, 0.15) is 5.69 Å². The molecule has 1 heterocycles. The number of anilines is 2. The Labute approximate surface area is 115 Å². The quantitative estimate of drug-likeness (QED) is 0.894. The van der Waals surface area contributed by atoms with E-state index < -0.39 is 11.7 Å². The fourth-order valence-electron chi connectivity index (χ4n) is 1.82. The Hall–Kier alpha value is -2.57. The van der Waals surface area contributed by atoms with Gasteiger partial charge in [0.15, 0.2) is 11.6 Å². The number of hydrogen-bond acceptors (Lipinski definition) is 4. The van der Waals surface area contributed by atoms with E-state index in [1.165, 1.54) is 30.1 Å². The number of carbonyl (C=O) groups is 1. The zero-order chi connectivity index (χ0) is 14.7. The van der Waals surface area contributed by atoms with E-state index in [4.69, 9.17) is 10.5 Å². The first-order valence-electron chi connectivity index (χ1n) is 6.03. The number of ether oxygens (including phenoxy) is 1. The molecule has 1 amide bonds. The van der Waals surface area contributed by atoms with Crippen LogP contribution in [0.15, 0.2) is 24.4 Å². The van der Waals surface area contributed by atoms with Crippen molar-refractivity contribution in [1.82, 2.24) is 9.78 Å². The van der Waals surface area contributed by atoms with E-state index in [0.29, 0.717) is 12.2 Å². The maximum absolute atomic E-state index is 13.5. The minimum Gasteiger partial charge on any atom is -0.494 e. The van der Waals surface area contributed by atoms with Crippen LogP contribution < -0.4 is 15.8 Å². The minimum atomic E-state index is -0.553. The van der Waals surface area contributed by atoms with Gasteiger partial charge in [-0.15, -0.1) is 0 Å². The fourth-order valence-corrected chi connectivity index (χ4v) is 1.82. The van der Waals surface area contributed by atoms with E-state index in [-0.39, 0.29) is 17.1 Å². The summed E-state index contributed by atoms with van der Waals surface area (Å²) in [5, 5.41) is 6.56. The predicted octanol–water partition coefficient (Wildman–Crippen LogP) is 1.89. The summed E-state index contributed by atoms with van der Waals surface area (Å²) in [5.74, 6) is -0.880. The molecular formula is C13H15FN4O2. The molecule has 3 N–H and O–H groups in total. The molecule has 0 aliphatic heterocycles. The molecule has 0 atom stereocenters. The summed E-state index contributed by atoms with van der Waals surface area (Å²) in [6, 6.07) is 4.16. The highest BCUT2D eigenvalue weighted by Crippen LogP contribution is 2.21. The van der Waals surface area contributed by atoms with Gasteiger partial charge in [-0.1, -0.05) is 0 Å². The lowest BCUT2D eigenvalue weighted by atomic mass is 10.2. The summed E-state index contributed by atoms with van der Waals surface area (Å²) < 4.78 is 19.8.